The summed E-state index contributed by atoms with van der Waals surface area (Å²) in [7, 11) is 0. The minimum atomic E-state index is -0.720. The third-order valence-corrected chi connectivity index (χ3v) is 4.35. The van der Waals surface area contributed by atoms with Crippen molar-refractivity contribution in [1.29, 1.82) is 0 Å². The molecule has 0 aliphatic carbocycles. The van der Waals surface area contributed by atoms with Crippen LogP contribution in [0, 0.1) is 0 Å². The molecule has 7 nitrogen and oxygen atoms in total. The maximum absolute atomic E-state index is 12.4. The number of ether oxygens (including phenoxy) is 1. The molecule has 0 fully saturated rings. The molecule has 0 aliphatic rings. The molecule has 1 aromatic heterocycles. The van der Waals surface area contributed by atoms with Gasteiger partial charge in [-0.15, -0.1) is 0 Å². The van der Waals surface area contributed by atoms with Crippen LogP contribution in [0.1, 0.15) is 27.2 Å². The Kier molecular flexibility index (Phi) is 7.38. The van der Waals surface area contributed by atoms with Gasteiger partial charge in [-0.05, 0) is 42.2 Å². The highest BCUT2D eigenvalue weighted by molar-refractivity contribution is 5.97. The lowest BCUT2D eigenvalue weighted by atomic mass is 10.00. The lowest BCUT2D eigenvalue weighted by Crippen LogP contribution is -2.41. The molecule has 3 aromatic rings. The normalized spacial score (nSPS) is 10.3. The van der Waals surface area contributed by atoms with Gasteiger partial charge in [0.15, 0.2) is 6.61 Å². The van der Waals surface area contributed by atoms with Crippen molar-refractivity contribution < 1.29 is 23.5 Å². The number of amides is 3. The second-order valence-corrected chi connectivity index (χ2v) is 6.53. The van der Waals surface area contributed by atoms with E-state index in [4.69, 9.17) is 9.15 Å². The zero-order valence-corrected chi connectivity index (χ0v) is 16.3. The first-order chi connectivity index (χ1) is 14.6. The van der Waals surface area contributed by atoms with Gasteiger partial charge in [0.2, 0.25) is 0 Å². The fourth-order valence-corrected chi connectivity index (χ4v) is 2.86. The van der Waals surface area contributed by atoms with Crippen LogP contribution in [-0.2, 0) is 28.9 Å². The number of aryl methyl sites for hydroxylation is 2. The van der Waals surface area contributed by atoms with E-state index in [9.17, 15) is 14.4 Å². The SMILES string of the molecule is O=C(COC(=O)c1ccccc1CCc1ccccc1)NC(=O)NCc1ccco1. The molecule has 3 rings (SSSR count). The summed E-state index contributed by atoms with van der Waals surface area (Å²) in [5, 5.41) is 4.57. The molecule has 1 heterocycles. The molecule has 7 heteroatoms. The lowest BCUT2D eigenvalue weighted by molar-refractivity contribution is -0.123. The largest absolute Gasteiger partial charge is 0.467 e. The molecule has 2 N–H and O–H groups in total. The first-order valence-electron chi connectivity index (χ1n) is 9.51. The summed E-state index contributed by atoms with van der Waals surface area (Å²) in [6.45, 7) is -0.416. The molecular weight excluding hydrogens is 384 g/mol. The van der Waals surface area contributed by atoms with Crippen LogP contribution >= 0.6 is 0 Å². The quantitative estimate of drug-likeness (QED) is 0.560. The average Bonchev–Trinajstić information content (AvgIpc) is 3.29. The van der Waals surface area contributed by atoms with Crippen molar-refractivity contribution in [1.82, 2.24) is 10.6 Å². The fraction of sp³-hybridized carbons (Fsp3) is 0.174. The zero-order valence-electron chi connectivity index (χ0n) is 16.3. The zero-order chi connectivity index (χ0) is 21.2. The number of nitrogens with one attached hydrogen (secondary N) is 2. The molecule has 154 valence electrons. The van der Waals surface area contributed by atoms with Gasteiger partial charge in [-0.25, -0.2) is 9.59 Å². The molecule has 2 aromatic carbocycles. The Morgan fingerprint density at radius 1 is 0.867 bits per heavy atom. The standard InChI is InChI=1S/C23H22N2O5/c26-21(25-23(28)24-15-19-10-6-14-29-19)16-30-22(27)20-11-5-4-9-18(20)13-12-17-7-2-1-3-8-17/h1-11,14H,12-13,15-16H2,(H2,24,25,26,28). The van der Waals surface area contributed by atoms with Crippen molar-refractivity contribution in [3.8, 4) is 0 Å². The van der Waals surface area contributed by atoms with E-state index in [2.05, 4.69) is 10.6 Å². The summed E-state index contributed by atoms with van der Waals surface area (Å²) in [4.78, 5) is 36.0. The van der Waals surface area contributed by atoms with Crippen molar-refractivity contribution >= 4 is 17.9 Å². The number of benzene rings is 2. The van der Waals surface area contributed by atoms with Gasteiger partial charge in [0.25, 0.3) is 5.91 Å². The van der Waals surface area contributed by atoms with Crippen molar-refractivity contribution in [3.63, 3.8) is 0 Å². The summed E-state index contributed by atoms with van der Waals surface area (Å²) in [6, 6.07) is 19.8. The van der Waals surface area contributed by atoms with Gasteiger partial charge >= 0.3 is 12.0 Å². The molecule has 0 radical (unpaired) electrons. The van der Waals surface area contributed by atoms with E-state index in [1.54, 1.807) is 24.3 Å². The predicted octanol–water partition coefficient (Wildman–Crippen LogP) is 3.25. The topological polar surface area (TPSA) is 97.6 Å². The summed E-state index contributed by atoms with van der Waals surface area (Å²) in [6.07, 6.45) is 2.93. The summed E-state index contributed by atoms with van der Waals surface area (Å²) in [5.74, 6) is -0.775. The highest BCUT2D eigenvalue weighted by Gasteiger charge is 2.15. The number of carbonyl (C=O) groups excluding carboxylic acids is 3. The minimum absolute atomic E-state index is 0.140. The van der Waals surface area contributed by atoms with Crippen LogP contribution in [-0.4, -0.2) is 24.5 Å². The lowest BCUT2D eigenvalue weighted by Gasteiger charge is -2.10. The third-order valence-electron chi connectivity index (χ3n) is 4.35. The van der Waals surface area contributed by atoms with Gasteiger partial charge in [0.05, 0.1) is 18.4 Å². The van der Waals surface area contributed by atoms with Gasteiger partial charge in [-0.2, -0.15) is 0 Å². The maximum atomic E-state index is 12.4. The van der Waals surface area contributed by atoms with Crippen molar-refractivity contribution in [2.75, 3.05) is 6.61 Å². The Morgan fingerprint density at radius 2 is 1.63 bits per heavy atom. The number of hydrogen-bond donors (Lipinski definition) is 2. The van der Waals surface area contributed by atoms with Crippen LogP contribution in [0.5, 0.6) is 0 Å². The molecule has 0 aliphatic heterocycles. The van der Waals surface area contributed by atoms with Crippen LogP contribution < -0.4 is 10.6 Å². The van der Waals surface area contributed by atoms with Crippen LogP contribution in [0.3, 0.4) is 0 Å². The molecule has 30 heavy (non-hydrogen) atoms. The van der Waals surface area contributed by atoms with Crippen molar-refractivity contribution in [3.05, 3.63) is 95.4 Å². The molecule has 3 amide bonds. The highest BCUT2D eigenvalue weighted by Crippen LogP contribution is 2.14. The first-order valence-corrected chi connectivity index (χ1v) is 9.51. The van der Waals surface area contributed by atoms with E-state index in [1.807, 2.05) is 42.5 Å². The van der Waals surface area contributed by atoms with E-state index in [1.165, 1.54) is 11.8 Å². The molecule has 0 saturated heterocycles. The highest BCUT2D eigenvalue weighted by atomic mass is 16.5. The third kappa shape index (κ3) is 6.34. The molecule has 0 atom stereocenters. The van der Waals surface area contributed by atoms with E-state index in [0.29, 0.717) is 17.7 Å². The molecule has 0 spiro atoms. The van der Waals surface area contributed by atoms with Gasteiger partial charge in [0, 0.05) is 0 Å². The summed E-state index contributed by atoms with van der Waals surface area (Å²) < 4.78 is 10.2. The summed E-state index contributed by atoms with van der Waals surface area (Å²) >= 11 is 0. The number of rotatable bonds is 8. The van der Waals surface area contributed by atoms with Crippen molar-refractivity contribution in [2.24, 2.45) is 0 Å². The van der Waals surface area contributed by atoms with E-state index >= 15 is 0 Å². The average molecular weight is 406 g/mol. The first kappa shape index (κ1) is 20.9. The number of urea groups is 1. The molecular formula is C23H22N2O5. The second kappa shape index (κ2) is 10.6. The molecule has 0 unspecified atom stereocenters. The Labute approximate surface area is 174 Å². The number of furan rings is 1. The number of hydrogen-bond acceptors (Lipinski definition) is 5. The Bertz CT molecular complexity index is 984. The van der Waals surface area contributed by atoms with Gasteiger partial charge in [0.1, 0.15) is 5.76 Å². The van der Waals surface area contributed by atoms with Gasteiger partial charge in [-0.3, -0.25) is 10.1 Å². The smallest absolute Gasteiger partial charge is 0.338 e. The van der Waals surface area contributed by atoms with Gasteiger partial charge < -0.3 is 14.5 Å². The van der Waals surface area contributed by atoms with E-state index in [-0.39, 0.29) is 6.54 Å². The maximum Gasteiger partial charge on any atom is 0.338 e. The van der Waals surface area contributed by atoms with E-state index < -0.39 is 24.5 Å². The Hall–Kier alpha value is -3.87. The molecule has 0 bridgehead atoms. The molecule has 0 saturated carbocycles. The summed E-state index contributed by atoms with van der Waals surface area (Å²) in [5.41, 5.74) is 2.41. The second-order valence-electron chi connectivity index (χ2n) is 6.53. The van der Waals surface area contributed by atoms with Crippen LogP contribution in [0.4, 0.5) is 4.79 Å². The van der Waals surface area contributed by atoms with Crippen LogP contribution in [0.2, 0.25) is 0 Å². The Morgan fingerprint density at radius 3 is 2.40 bits per heavy atom. The fourth-order valence-electron chi connectivity index (χ4n) is 2.86. The predicted molar refractivity (Wildman–Crippen MR) is 110 cm³/mol. The van der Waals surface area contributed by atoms with Crippen LogP contribution in [0.15, 0.2) is 77.4 Å². The number of carbonyl (C=O) groups is 3. The van der Waals surface area contributed by atoms with Crippen LogP contribution in [0.25, 0.3) is 0 Å². The monoisotopic (exact) mass is 406 g/mol. The minimum Gasteiger partial charge on any atom is -0.467 e. The van der Waals surface area contributed by atoms with Crippen molar-refractivity contribution in [2.45, 2.75) is 19.4 Å². The van der Waals surface area contributed by atoms with E-state index in [0.717, 1.165) is 12.0 Å². The number of imide groups is 1. The Balaban J connectivity index is 1.47. The number of esters is 1. The van der Waals surface area contributed by atoms with Gasteiger partial charge in [-0.1, -0.05) is 48.5 Å².